The van der Waals surface area contributed by atoms with Crippen LogP contribution in [0.4, 0.5) is 14.9 Å². The second-order valence-corrected chi connectivity index (χ2v) is 9.26. The first-order valence-electron chi connectivity index (χ1n) is 10.2. The zero-order valence-corrected chi connectivity index (χ0v) is 18.7. The van der Waals surface area contributed by atoms with Gasteiger partial charge in [0.2, 0.25) is 5.91 Å². The highest BCUT2D eigenvalue weighted by Gasteiger charge is 2.62. The van der Waals surface area contributed by atoms with Gasteiger partial charge in [-0.1, -0.05) is 34.1 Å². The maximum atomic E-state index is 13.4. The molecule has 2 aliphatic rings. The van der Waals surface area contributed by atoms with Crippen LogP contribution in [0.25, 0.3) is 0 Å². The molecule has 158 valence electrons. The Morgan fingerprint density at radius 2 is 1.83 bits per heavy atom. The van der Waals surface area contributed by atoms with Crippen molar-refractivity contribution in [2.24, 2.45) is 5.41 Å². The summed E-state index contributed by atoms with van der Waals surface area (Å²) in [5, 5.41) is 2.75. The Hall–Kier alpha value is -2.41. The Labute approximate surface area is 184 Å². The lowest BCUT2D eigenvalue weighted by molar-refractivity contribution is -0.184. The molecule has 2 saturated heterocycles. The van der Waals surface area contributed by atoms with Gasteiger partial charge in [0.25, 0.3) is 0 Å². The minimum absolute atomic E-state index is 0.0199. The number of hydrogen-bond donors (Lipinski definition) is 1. The molecule has 1 atom stereocenters. The van der Waals surface area contributed by atoms with Gasteiger partial charge in [0.15, 0.2) is 0 Å². The fraction of sp³-hybridized carbons (Fsp3) is 0.391. The monoisotopic (exact) mass is 473 g/mol. The first-order chi connectivity index (χ1) is 14.3. The first-order valence-corrected chi connectivity index (χ1v) is 11.0. The molecule has 2 heterocycles. The Morgan fingerprint density at radius 1 is 1.17 bits per heavy atom. The second kappa shape index (κ2) is 8.02. The molecule has 1 unspecified atom stereocenters. The maximum absolute atomic E-state index is 13.4. The van der Waals surface area contributed by atoms with E-state index in [2.05, 4.69) is 33.4 Å². The number of rotatable bonds is 3. The standard InChI is InChI=1S/C23H25BrFN3O2/c1-15(2)28-20(16-6-8-17(24)9-7-16)23(21(28)29)10-12-27(13-11-23)22(30)26-19-5-3-4-18(25)14-19/h3-9,14-15,20H,10-13H2,1-2H3,(H,26,30). The fourth-order valence-electron chi connectivity index (χ4n) is 4.71. The summed E-state index contributed by atoms with van der Waals surface area (Å²) in [6, 6.07) is 13.9. The van der Waals surface area contributed by atoms with Gasteiger partial charge in [-0.25, -0.2) is 9.18 Å². The Kier molecular flexibility index (Phi) is 5.57. The number of halogens is 2. The molecule has 30 heavy (non-hydrogen) atoms. The van der Waals surface area contributed by atoms with Gasteiger partial charge in [0, 0.05) is 29.3 Å². The highest BCUT2D eigenvalue weighted by molar-refractivity contribution is 9.10. The number of carbonyl (C=O) groups excluding carboxylic acids is 2. The number of urea groups is 1. The molecule has 2 aromatic carbocycles. The summed E-state index contributed by atoms with van der Waals surface area (Å²) >= 11 is 3.48. The van der Waals surface area contributed by atoms with Gasteiger partial charge in [-0.3, -0.25) is 4.79 Å². The van der Waals surface area contributed by atoms with Crippen molar-refractivity contribution in [1.29, 1.82) is 0 Å². The molecule has 1 N–H and O–H groups in total. The fourth-order valence-corrected chi connectivity index (χ4v) is 4.98. The van der Waals surface area contributed by atoms with E-state index in [-0.39, 0.29) is 24.0 Å². The zero-order valence-electron chi connectivity index (χ0n) is 17.1. The van der Waals surface area contributed by atoms with Crippen molar-refractivity contribution < 1.29 is 14.0 Å². The largest absolute Gasteiger partial charge is 0.332 e. The van der Waals surface area contributed by atoms with E-state index in [9.17, 15) is 14.0 Å². The zero-order chi connectivity index (χ0) is 21.5. The van der Waals surface area contributed by atoms with Gasteiger partial charge in [-0.15, -0.1) is 0 Å². The van der Waals surface area contributed by atoms with Crippen molar-refractivity contribution in [1.82, 2.24) is 9.80 Å². The maximum Gasteiger partial charge on any atom is 0.321 e. The van der Waals surface area contributed by atoms with Gasteiger partial charge >= 0.3 is 6.03 Å². The van der Waals surface area contributed by atoms with E-state index in [4.69, 9.17) is 0 Å². The third-order valence-electron chi connectivity index (χ3n) is 6.22. The summed E-state index contributed by atoms with van der Waals surface area (Å²) in [6.07, 6.45) is 1.23. The number of likely N-dealkylation sites (tertiary alicyclic amines) is 2. The molecule has 4 rings (SSSR count). The van der Waals surface area contributed by atoms with Gasteiger partial charge in [-0.2, -0.15) is 0 Å². The Balaban J connectivity index is 1.49. The topological polar surface area (TPSA) is 52.7 Å². The van der Waals surface area contributed by atoms with Crippen LogP contribution < -0.4 is 5.32 Å². The summed E-state index contributed by atoms with van der Waals surface area (Å²) < 4.78 is 14.4. The van der Waals surface area contributed by atoms with Crippen molar-refractivity contribution >= 4 is 33.6 Å². The molecule has 0 aromatic heterocycles. The molecule has 2 aromatic rings. The van der Waals surface area contributed by atoms with E-state index < -0.39 is 11.2 Å². The Morgan fingerprint density at radius 3 is 2.43 bits per heavy atom. The average Bonchev–Trinajstić information content (AvgIpc) is 2.72. The molecule has 0 radical (unpaired) electrons. The predicted octanol–water partition coefficient (Wildman–Crippen LogP) is 5.19. The number of nitrogens with one attached hydrogen (secondary N) is 1. The SMILES string of the molecule is CC(C)N1C(=O)C2(CCN(C(=O)Nc3cccc(F)c3)CC2)C1c1ccc(Br)cc1. The van der Waals surface area contributed by atoms with Gasteiger partial charge in [0.05, 0.1) is 11.5 Å². The number of amides is 3. The molecule has 0 saturated carbocycles. The van der Waals surface area contributed by atoms with Crippen molar-refractivity contribution in [2.75, 3.05) is 18.4 Å². The van der Waals surface area contributed by atoms with E-state index in [0.29, 0.717) is 31.6 Å². The number of β-lactam (4-membered cyclic amide) rings is 1. The van der Waals surface area contributed by atoms with Crippen LogP contribution in [0.3, 0.4) is 0 Å². The highest BCUT2D eigenvalue weighted by atomic mass is 79.9. The number of anilines is 1. The molecule has 2 fully saturated rings. The van der Waals surface area contributed by atoms with Crippen LogP contribution in [0.2, 0.25) is 0 Å². The van der Waals surface area contributed by atoms with Crippen LogP contribution in [0, 0.1) is 11.2 Å². The minimum atomic E-state index is -0.465. The van der Waals surface area contributed by atoms with E-state index in [0.717, 1.165) is 10.0 Å². The van der Waals surface area contributed by atoms with Crippen LogP contribution >= 0.6 is 15.9 Å². The van der Waals surface area contributed by atoms with Crippen molar-refractivity contribution in [2.45, 2.75) is 38.8 Å². The van der Waals surface area contributed by atoms with Crippen molar-refractivity contribution in [3.05, 3.63) is 64.4 Å². The van der Waals surface area contributed by atoms with E-state index in [1.807, 2.05) is 30.9 Å². The lowest BCUT2D eigenvalue weighted by atomic mass is 9.62. The van der Waals surface area contributed by atoms with Gasteiger partial charge in [0.1, 0.15) is 5.82 Å². The van der Waals surface area contributed by atoms with Crippen molar-refractivity contribution in [3.63, 3.8) is 0 Å². The second-order valence-electron chi connectivity index (χ2n) is 8.34. The third-order valence-corrected chi connectivity index (χ3v) is 6.75. The number of nitrogens with zero attached hydrogens (tertiary/aromatic N) is 2. The molecular weight excluding hydrogens is 449 g/mol. The molecule has 1 spiro atoms. The van der Waals surface area contributed by atoms with E-state index in [1.54, 1.807) is 17.0 Å². The highest BCUT2D eigenvalue weighted by Crippen LogP contribution is 2.56. The summed E-state index contributed by atoms with van der Waals surface area (Å²) in [5.74, 6) is -0.216. The van der Waals surface area contributed by atoms with Gasteiger partial charge in [-0.05, 0) is 62.6 Å². The number of benzene rings is 2. The number of piperidine rings is 1. The molecule has 7 heteroatoms. The Bertz CT molecular complexity index is 955. The summed E-state index contributed by atoms with van der Waals surface area (Å²) in [7, 11) is 0. The van der Waals surface area contributed by atoms with Crippen LogP contribution in [-0.2, 0) is 4.79 Å². The summed E-state index contributed by atoms with van der Waals surface area (Å²) in [5.41, 5.74) is 1.09. The van der Waals surface area contributed by atoms with Crippen LogP contribution in [-0.4, -0.2) is 40.9 Å². The normalized spacial score (nSPS) is 20.4. The third kappa shape index (κ3) is 3.60. The molecule has 5 nitrogen and oxygen atoms in total. The molecule has 0 bridgehead atoms. The van der Waals surface area contributed by atoms with Crippen LogP contribution in [0.15, 0.2) is 53.0 Å². The number of carbonyl (C=O) groups is 2. The molecule has 2 aliphatic heterocycles. The van der Waals surface area contributed by atoms with Crippen LogP contribution in [0.1, 0.15) is 38.3 Å². The molecular formula is C23H25BrFN3O2. The summed E-state index contributed by atoms with van der Waals surface area (Å²) in [4.78, 5) is 29.5. The smallest absolute Gasteiger partial charge is 0.321 e. The average molecular weight is 474 g/mol. The lowest BCUT2D eigenvalue weighted by Gasteiger charge is -2.60. The minimum Gasteiger partial charge on any atom is -0.332 e. The first kappa shape index (κ1) is 20.8. The molecule has 0 aliphatic carbocycles. The quantitative estimate of drug-likeness (QED) is 0.623. The van der Waals surface area contributed by atoms with Crippen molar-refractivity contribution in [3.8, 4) is 0 Å². The molecule has 3 amide bonds. The van der Waals surface area contributed by atoms with E-state index >= 15 is 0 Å². The van der Waals surface area contributed by atoms with E-state index in [1.165, 1.54) is 12.1 Å². The summed E-state index contributed by atoms with van der Waals surface area (Å²) in [6.45, 7) is 5.06. The predicted molar refractivity (Wildman–Crippen MR) is 118 cm³/mol. The van der Waals surface area contributed by atoms with Crippen LogP contribution in [0.5, 0.6) is 0 Å². The number of hydrogen-bond acceptors (Lipinski definition) is 2. The van der Waals surface area contributed by atoms with Gasteiger partial charge < -0.3 is 15.1 Å². The lowest BCUT2D eigenvalue weighted by Crippen LogP contribution is -2.68.